The van der Waals surface area contributed by atoms with Crippen LogP contribution in [0.2, 0.25) is 5.02 Å². The number of benzene rings is 1. The van der Waals surface area contributed by atoms with Crippen LogP contribution >= 0.6 is 11.6 Å². The third-order valence-electron chi connectivity index (χ3n) is 2.01. The molecule has 1 rings (SSSR count). The zero-order chi connectivity index (χ0) is 9.14. The summed E-state index contributed by atoms with van der Waals surface area (Å²) in [7, 11) is 0. The van der Waals surface area contributed by atoms with Crippen molar-refractivity contribution in [2.45, 2.75) is 26.7 Å². The fraction of sp³-hybridized carbons (Fsp3) is 0.400. The molecule has 0 radical (unpaired) electrons. The van der Waals surface area contributed by atoms with E-state index in [2.05, 4.69) is 0 Å². The third kappa shape index (κ3) is 1.72. The molecule has 2 heteroatoms. The number of rotatable bonds is 2. The zero-order valence-electron chi connectivity index (χ0n) is 7.39. The van der Waals surface area contributed by atoms with Gasteiger partial charge in [-0.2, -0.15) is 0 Å². The molecule has 0 atom stereocenters. The molecule has 1 N–H and O–H groups in total. The van der Waals surface area contributed by atoms with E-state index in [4.69, 9.17) is 11.6 Å². The first kappa shape index (κ1) is 9.40. The maximum Gasteiger partial charge on any atom is 0.119 e. The first-order valence-corrected chi connectivity index (χ1v) is 4.57. The minimum atomic E-state index is 0.360. The molecule has 0 heterocycles. The van der Waals surface area contributed by atoms with Crippen LogP contribution in [0.3, 0.4) is 0 Å². The van der Waals surface area contributed by atoms with Gasteiger partial charge in [0, 0.05) is 5.02 Å². The molecular weight excluding hydrogens is 172 g/mol. The van der Waals surface area contributed by atoms with Gasteiger partial charge in [0.25, 0.3) is 0 Å². The van der Waals surface area contributed by atoms with E-state index >= 15 is 0 Å². The number of halogens is 1. The molecule has 66 valence electrons. The fourth-order valence-corrected chi connectivity index (χ4v) is 1.52. The second-order valence-corrected chi connectivity index (χ2v) is 3.19. The van der Waals surface area contributed by atoms with E-state index in [1.54, 1.807) is 6.07 Å². The monoisotopic (exact) mass is 184 g/mol. The molecule has 0 aliphatic heterocycles. The van der Waals surface area contributed by atoms with Crippen molar-refractivity contribution in [3.8, 4) is 5.75 Å². The Labute approximate surface area is 78.0 Å². The summed E-state index contributed by atoms with van der Waals surface area (Å²) in [5, 5.41) is 10.2. The molecule has 0 saturated heterocycles. The van der Waals surface area contributed by atoms with Gasteiger partial charge in [-0.15, -0.1) is 0 Å². The lowest BCUT2D eigenvalue weighted by Crippen LogP contribution is -1.87. The number of hydrogen-bond acceptors (Lipinski definition) is 1. The van der Waals surface area contributed by atoms with Gasteiger partial charge in [0.05, 0.1) is 0 Å². The normalized spacial score (nSPS) is 10.2. The Morgan fingerprint density at radius 1 is 1.17 bits per heavy atom. The van der Waals surface area contributed by atoms with Gasteiger partial charge in [0.15, 0.2) is 0 Å². The molecular formula is C10H13ClO. The van der Waals surface area contributed by atoms with E-state index in [9.17, 15) is 5.11 Å². The Balaban J connectivity index is 3.16. The quantitative estimate of drug-likeness (QED) is 0.749. The summed E-state index contributed by atoms with van der Waals surface area (Å²) >= 11 is 5.97. The van der Waals surface area contributed by atoms with Crippen LogP contribution in [-0.2, 0) is 12.8 Å². The molecule has 1 nitrogen and oxygen atoms in total. The standard InChI is InChI=1S/C10H13ClO/c1-3-7-6-10(12)8(4-2)5-9(7)11/h5-6,12H,3-4H2,1-2H3. The van der Waals surface area contributed by atoms with E-state index < -0.39 is 0 Å². The Morgan fingerprint density at radius 3 is 2.25 bits per heavy atom. The van der Waals surface area contributed by atoms with Gasteiger partial charge in [-0.05, 0) is 36.1 Å². The first-order chi connectivity index (χ1) is 5.69. The maximum absolute atomic E-state index is 9.49. The number of hydrogen-bond donors (Lipinski definition) is 1. The summed E-state index contributed by atoms with van der Waals surface area (Å²) < 4.78 is 0. The smallest absolute Gasteiger partial charge is 0.119 e. The summed E-state index contributed by atoms with van der Waals surface area (Å²) in [5.41, 5.74) is 1.92. The second-order valence-electron chi connectivity index (χ2n) is 2.78. The number of aryl methyl sites for hydroxylation is 2. The van der Waals surface area contributed by atoms with E-state index in [0.717, 1.165) is 29.0 Å². The maximum atomic E-state index is 9.49. The fourth-order valence-electron chi connectivity index (χ4n) is 1.20. The van der Waals surface area contributed by atoms with Crippen molar-refractivity contribution in [2.24, 2.45) is 0 Å². The van der Waals surface area contributed by atoms with Crippen molar-refractivity contribution >= 4 is 11.6 Å². The van der Waals surface area contributed by atoms with Gasteiger partial charge < -0.3 is 5.11 Å². The lowest BCUT2D eigenvalue weighted by atomic mass is 10.1. The van der Waals surface area contributed by atoms with Crippen LogP contribution in [-0.4, -0.2) is 5.11 Å². The number of aromatic hydroxyl groups is 1. The largest absolute Gasteiger partial charge is 0.508 e. The molecule has 0 saturated carbocycles. The highest BCUT2D eigenvalue weighted by Gasteiger charge is 2.04. The Hall–Kier alpha value is -0.690. The third-order valence-corrected chi connectivity index (χ3v) is 2.36. The van der Waals surface area contributed by atoms with E-state index in [1.165, 1.54) is 0 Å². The van der Waals surface area contributed by atoms with Crippen LogP contribution in [0, 0.1) is 0 Å². The molecule has 0 aromatic heterocycles. The SMILES string of the molecule is CCc1cc(Cl)c(CC)cc1O. The molecule has 12 heavy (non-hydrogen) atoms. The van der Waals surface area contributed by atoms with Gasteiger partial charge in [-0.25, -0.2) is 0 Å². The average molecular weight is 185 g/mol. The average Bonchev–Trinajstić information content (AvgIpc) is 2.08. The minimum absolute atomic E-state index is 0.360. The second kappa shape index (κ2) is 3.81. The highest BCUT2D eigenvalue weighted by atomic mass is 35.5. The van der Waals surface area contributed by atoms with E-state index in [1.807, 2.05) is 19.9 Å². The predicted molar refractivity (Wildman–Crippen MR) is 51.9 cm³/mol. The van der Waals surface area contributed by atoms with Crippen molar-refractivity contribution < 1.29 is 5.11 Å². The van der Waals surface area contributed by atoms with Crippen molar-refractivity contribution in [1.82, 2.24) is 0 Å². The molecule has 0 bridgehead atoms. The number of phenols is 1. The van der Waals surface area contributed by atoms with Crippen LogP contribution in [0.5, 0.6) is 5.75 Å². The predicted octanol–water partition coefficient (Wildman–Crippen LogP) is 3.17. The molecule has 0 aliphatic carbocycles. The molecule has 1 aromatic carbocycles. The van der Waals surface area contributed by atoms with Crippen molar-refractivity contribution in [1.29, 1.82) is 0 Å². The highest BCUT2D eigenvalue weighted by Crippen LogP contribution is 2.26. The summed E-state index contributed by atoms with van der Waals surface area (Å²) in [5.74, 6) is 0.360. The zero-order valence-corrected chi connectivity index (χ0v) is 8.15. The minimum Gasteiger partial charge on any atom is -0.508 e. The summed E-state index contributed by atoms with van der Waals surface area (Å²) in [6.07, 6.45) is 1.67. The molecule has 0 aliphatic rings. The number of phenolic OH excluding ortho intramolecular Hbond substituents is 1. The topological polar surface area (TPSA) is 20.2 Å². The molecule has 0 fully saturated rings. The van der Waals surface area contributed by atoms with Gasteiger partial charge >= 0.3 is 0 Å². The van der Waals surface area contributed by atoms with Crippen LogP contribution in [0.25, 0.3) is 0 Å². The molecule has 0 amide bonds. The Morgan fingerprint density at radius 2 is 1.75 bits per heavy atom. The highest BCUT2D eigenvalue weighted by molar-refractivity contribution is 6.31. The van der Waals surface area contributed by atoms with Crippen molar-refractivity contribution in [2.75, 3.05) is 0 Å². The summed E-state index contributed by atoms with van der Waals surface area (Å²) in [4.78, 5) is 0. The van der Waals surface area contributed by atoms with Crippen molar-refractivity contribution in [3.05, 3.63) is 28.3 Å². The van der Waals surface area contributed by atoms with Crippen LogP contribution in [0.4, 0.5) is 0 Å². The van der Waals surface area contributed by atoms with E-state index in [-0.39, 0.29) is 0 Å². The Bertz CT molecular complexity index is 252. The van der Waals surface area contributed by atoms with Gasteiger partial charge in [-0.1, -0.05) is 25.4 Å². The summed E-state index contributed by atoms with van der Waals surface area (Å²) in [6, 6.07) is 3.59. The van der Waals surface area contributed by atoms with Gasteiger partial charge in [0.1, 0.15) is 5.75 Å². The lowest BCUT2D eigenvalue weighted by Gasteiger charge is -2.06. The molecule has 0 unspecified atom stereocenters. The Kier molecular flexibility index (Phi) is 2.99. The van der Waals surface area contributed by atoms with E-state index in [0.29, 0.717) is 5.75 Å². The molecule has 0 spiro atoms. The molecule has 1 aromatic rings. The van der Waals surface area contributed by atoms with Gasteiger partial charge in [0.2, 0.25) is 0 Å². The lowest BCUT2D eigenvalue weighted by molar-refractivity contribution is 0.468. The van der Waals surface area contributed by atoms with Crippen LogP contribution in [0.1, 0.15) is 25.0 Å². The first-order valence-electron chi connectivity index (χ1n) is 4.19. The van der Waals surface area contributed by atoms with Crippen LogP contribution < -0.4 is 0 Å². The summed E-state index contributed by atoms with van der Waals surface area (Å²) in [6.45, 7) is 4.02. The van der Waals surface area contributed by atoms with Crippen LogP contribution in [0.15, 0.2) is 12.1 Å². The van der Waals surface area contributed by atoms with Gasteiger partial charge in [-0.3, -0.25) is 0 Å². The van der Waals surface area contributed by atoms with Crippen molar-refractivity contribution in [3.63, 3.8) is 0 Å².